The predicted octanol–water partition coefficient (Wildman–Crippen LogP) is 2.42. The molecule has 1 aromatic rings. The number of likely N-dealkylation sites (tertiary alicyclic amines) is 1. The van der Waals surface area contributed by atoms with E-state index >= 15 is 0 Å². The summed E-state index contributed by atoms with van der Waals surface area (Å²) in [6, 6.07) is 1.73. The number of amides is 1. The van der Waals surface area contributed by atoms with Crippen molar-refractivity contribution in [3.05, 3.63) is 24.2 Å². The van der Waals surface area contributed by atoms with Gasteiger partial charge >= 0.3 is 0 Å². The molecule has 4 heterocycles. The maximum Gasteiger partial charge on any atom is 0.257 e. The highest BCUT2D eigenvalue weighted by Crippen LogP contribution is 2.46. The van der Waals surface area contributed by atoms with E-state index in [-0.39, 0.29) is 10.7 Å². The van der Waals surface area contributed by atoms with E-state index in [1.807, 2.05) is 16.7 Å². The highest BCUT2D eigenvalue weighted by Gasteiger charge is 2.51. The number of furan rings is 1. The van der Waals surface area contributed by atoms with Gasteiger partial charge in [-0.1, -0.05) is 0 Å². The molecule has 0 N–H and O–H groups in total. The molecule has 6 heteroatoms. The van der Waals surface area contributed by atoms with Gasteiger partial charge in [-0.2, -0.15) is 0 Å². The molecular formula is C17H23NO4S. The maximum atomic E-state index is 12.3. The Kier molecular flexibility index (Phi) is 4.39. The van der Waals surface area contributed by atoms with Gasteiger partial charge in [0.2, 0.25) is 0 Å². The highest BCUT2D eigenvalue weighted by atomic mass is 32.2. The first-order valence-electron chi connectivity index (χ1n) is 8.39. The van der Waals surface area contributed by atoms with Gasteiger partial charge in [0.25, 0.3) is 5.91 Å². The van der Waals surface area contributed by atoms with Crippen LogP contribution in [0.4, 0.5) is 0 Å². The summed E-state index contributed by atoms with van der Waals surface area (Å²) < 4.78 is 16.8. The van der Waals surface area contributed by atoms with Crippen LogP contribution in [0.15, 0.2) is 23.0 Å². The van der Waals surface area contributed by atoms with E-state index in [1.165, 1.54) is 6.26 Å². The summed E-state index contributed by atoms with van der Waals surface area (Å²) in [5.41, 5.74) is 0.648. The molecule has 1 amide bonds. The van der Waals surface area contributed by atoms with Crippen molar-refractivity contribution in [3.8, 4) is 0 Å². The van der Waals surface area contributed by atoms with Gasteiger partial charge in [0.05, 0.1) is 22.7 Å². The van der Waals surface area contributed by atoms with Crippen molar-refractivity contribution in [2.75, 3.05) is 38.7 Å². The Labute approximate surface area is 140 Å². The van der Waals surface area contributed by atoms with E-state index in [2.05, 4.69) is 0 Å². The number of ether oxygens (including phenoxy) is 2. The van der Waals surface area contributed by atoms with Crippen LogP contribution in [0.2, 0.25) is 0 Å². The Morgan fingerprint density at radius 3 is 2.96 bits per heavy atom. The fourth-order valence-corrected chi connectivity index (χ4v) is 5.23. The third-order valence-electron chi connectivity index (χ3n) is 5.10. The SMILES string of the molecule is O=C(c1ccoc1)N1CC2(C[C@@H](OCC3CCOCC3)CS2)C1. The fraction of sp³-hybridized carbons (Fsp3) is 0.706. The number of rotatable bonds is 4. The van der Waals surface area contributed by atoms with Crippen LogP contribution in [0, 0.1) is 5.92 Å². The van der Waals surface area contributed by atoms with E-state index in [4.69, 9.17) is 13.9 Å². The zero-order chi connectivity index (χ0) is 15.7. The average Bonchev–Trinajstić information content (AvgIpc) is 3.22. The maximum absolute atomic E-state index is 12.3. The summed E-state index contributed by atoms with van der Waals surface area (Å²) >= 11 is 1.98. The number of hydrogen-bond acceptors (Lipinski definition) is 5. The summed E-state index contributed by atoms with van der Waals surface area (Å²) in [5, 5.41) is 0. The molecule has 0 unspecified atom stereocenters. The van der Waals surface area contributed by atoms with Crippen LogP contribution in [-0.4, -0.2) is 60.3 Å². The third kappa shape index (κ3) is 3.30. The summed E-state index contributed by atoms with van der Waals surface area (Å²) in [7, 11) is 0. The molecule has 5 nitrogen and oxygen atoms in total. The first kappa shape index (κ1) is 15.5. The van der Waals surface area contributed by atoms with Gasteiger partial charge < -0.3 is 18.8 Å². The molecule has 0 saturated carbocycles. The molecule has 0 aliphatic carbocycles. The minimum absolute atomic E-state index is 0.0801. The number of thioether (sulfide) groups is 1. The van der Waals surface area contributed by atoms with Crippen molar-refractivity contribution in [2.24, 2.45) is 5.92 Å². The lowest BCUT2D eigenvalue weighted by molar-refractivity contribution is -0.0118. The summed E-state index contributed by atoms with van der Waals surface area (Å²) in [4.78, 5) is 14.2. The first-order valence-corrected chi connectivity index (χ1v) is 9.37. The Morgan fingerprint density at radius 2 is 2.22 bits per heavy atom. The molecular weight excluding hydrogens is 314 g/mol. The van der Waals surface area contributed by atoms with Gasteiger partial charge in [-0.3, -0.25) is 4.79 Å². The van der Waals surface area contributed by atoms with Gasteiger partial charge in [0.1, 0.15) is 6.26 Å². The fourth-order valence-electron chi connectivity index (χ4n) is 3.68. The minimum atomic E-state index is 0.0801. The van der Waals surface area contributed by atoms with E-state index in [9.17, 15) is 4.79 Å². The third-order valence-corrected chi connectivity index (χ3v) is 6.67. The Hall–Kier alpha value is -0.980. The van der Waals surface area contributed by atoms with E-state index in [0.29, 0.717) is 17.6 Å². The monoisotopic (exact) mass is 337 g/mol. The van der Waals surface area contributed by atoms with Crippen molar-refractivity contribution >= 4 is 17.7 Å². The molecule has 3 aliphatic heterocycles. The molecule has 3 saturated heterocycles. The number of carbonyl (C=O) groups is 1. The molecule has 1 spiro atoms. The minimum Gasteiger partial charge on any atom is -0.472 e. The lowest BCUT2D eigenvalue weighted by atomic mass is 9.92. The lowest BCUT2D eigenvalue weighted by Crippen LogP contribution is -2.60. The molecule has 23 heavy (non-hydrogen) atoms. The number of hydrogen-bond donors (Lipinski definition) is 0. The van der Waals surface area contributed by atoms with Crippen LogP contribution < -0.4 is 0 Å². The predicted molar refractivity (Wildman–Crippen MR) is 87.7 cm³/mol. The zero-order valence-corrected chi connectivity index (χ0v) is 14.1. The molecule has 3 aliphatic rings. The average molecular weight is 337 g/mol. The first-order chi connectivity index (χ1) is 11.2. The van der Waals surface area contributed by atoms with Gasteiger partial charge in [-0.05, 0) is 31.2 Å². The van der Waals surface area contributed by atoms with Crippen LogP contribution in [0.3, 0.4) is 0 Å². The van der Waals surface area contributed by atoms with Crippen LogP contribution in [-0.2, 0) is 9.47 Å². The van der Waals surface area contributed by atoms with Gasteiger partial charge in [0.15, 0.2) is 0 Å². The molecule has 0 bridgehead atoms. The standard InChI is InChI=1S/C17H23NO4S/c19-16(14-3-6-21-9-14)18-11-17(12-18)7-15(10-23-17)22-8-13-1-4-20-5-2-13/h3,6,9,13,15H,1-2,4-5,7-8,10-12H2/t15-/m1/s1. The van der Waals surface area contributed by atoms with Crippen LogP contribution in [0.1, 0.15) is 29.6 Å². The summed E-state index contributed by atoms with van der Waals surface area (Å²) in [6.45, 7) is 4.28. The lowest BCUT2D eigenvalue weighted by Gasteiger charge is -2.47. The largest absolute Gasteiger partial charge is 0.472 e. The van der Waals surface area contributed by atoms with E-state index in [1.54, 1.807) is 12.3 Å². The van der Waals surface area contributed by atoms with Crippen molar-refractivity contribution in [1.82, 2.24) is 4.90 Å². The second kappa shape index (κ2) is 6.49. The Morgan fingerprint density at radius 1 is 1.39 bits per heavy atom. The highest BCUT2D eigenvalue weighted by molar-refractivity contribution is 8.01. The molecule has 126 valence electrons. The van der Waals surface area contributed by atoms with Crippen molar-refractivity contribution in [3.63, 3.8) is 0 Å². The Balaban J connectivity index is 1.23. The molecule has 3 fully saturated rings. The van der Waals surface area contributed by atoms with E-state index < -0.39 is 0 Å². The van der Waals surface area contributed by atoms with Gasteiger partial charge in [-0.15, -0.1) is 11.8 Å². The molecule has 1 aromatic heterocycles. The van der Waals surface area contributed by atoms with Crippen molar-refractivity contribution in [1.29, 1.82) is 0 Å². The van der Waals surface area contributed by atoms with Crippen LogP contribution >= 0.6 is 11.8 Å². The van der Waals surface area contributed by atoms with Crippen LogP contribution in [0.25, 0.3) is 0 Å². The van der Waals surface area contributed by atoms with E-state index in [0.717, 1.165) is 57.9 Å². The zero-order valence-electron chi connectivity index (χ0n) is 13.2. The smallest absolute Gasteiger partial charge is 0.257 e. The molecule has 0 aromatic carbocycles. The van der Waals surface area contributed by atoms with Crippen molar-refractivity contribution < 1.29 is 18.7 Å². The number of nitrogens with zero attached hydrogens (tertiary/aromatic N) is 1. The van der Waals surface area contributed by atoms with Gasteiger partial charge in [0, 0.05) is 38.7 Å². The van der Waals surface area contributed by atoms with Crippen molar-refractivity contribution in [2.45, 2.75) is 30.1 Å². The summed E-state index contributed by atoms with van der Waals surface area (Å²) in [6.07, 6.45) is 6.72. The normalized spacial score (nSPS) is 27.3. The number of carbonyl (C=O) groups excluding carboxylic acids is 1. The molecule has 0 radical (unpaired) electrons. The second-order valence-corrected chi connectivity index (χ2v) is 8.37. The molecule has 1 atom stereocenters. The van der Waals surface area contributed by atoms with Crippen LogP contribution in [0.5, 0.6) is 0 Å². The Bertz CT molecular complexity index is 535. The molecule has 4 rings (SSSR count). The topological polar surface area (TPSA) is 51.9 Å². The summed E-state index contributed by atoms with van der Waals surface area (Å²) in [5.74, 6) is 1.79. The second-order valence-electron chi connectivity index (χ2n) is 6.88. The van der Waals surface area contributed by atoms with Gasteiger partial charge in [-0.25, -0.2) is 0 Å². The quantitative estimate of drug-likeness (QED) is 0.844.